The van der Waals surface area contributed by atoms with E-state index < -0.39 is 6.10 Å². The molecule has 8 nitrogen and oxygen atoms in total. The Bertz CT molecular complexity index is 1210. The van der Waals surface area contributed by atoms with Gasteiger partial charge in [-0.25, -0.2) is 4.79 Å². The first kappa shape index (κ1) is 22.3. The number of rotatable bonds is 7. The maximum absolute atomic E-state index is 12.9. The Morgan fingerprint density at radius 2 is 1.68 bits per heavy atom. The average Bonchev–Trinajstić information content (AvgIpc) is 3.18. The van der Waals surface area contributed by atoms with Crippen LogP contribution in [0.1, 0.15) is 16.8 Å². The number of fused-ring (bicyclic) bond motifs is 1. The minimum atomic E-state index is -0.587. The van der Waals surface area contributed by atoms with Gasteiger partial charge in [-0.2, -0.15) is 0 Å². The zero-order chi connectivity index (χ0) is 23.5. The van der Waals surface area contributed by atoms with E-state index in [-0.39, 0.29) is 11.6 Å². The zero-order valence-electron chi connectivity index (χ0n) is 19.1. The summed E-state index contributed by atoms with van der Waals surface area (Å²) in [6, 6.07) is 17.1. The van der Waals surface area contributed by atoms with Crippen LogP contribution in [-0.2, 0) is 19.5 Å². The van der Waals surface area contributed by atoms with Crippen molar-refractivity contribution in [1.82, 2.24) is 24.3 Å². The predicted octanol–water partition coefficient (Wildman–Crippen LogP) is 1.89. The zero-order valence-corrected chi connectivity index (χ0v) is 19.1. The van der Waals surface area contributed by atoms with E-state index >= 15 is 0 Å². The number of carbonyl (C=O) groups excluding carboxylic acids is 1. The highest BCUT2D eigenvalue weighted by Crippen LogP contribution is 2.19. The maximum atomic E-state index is 12.9. The van der Waals surface area contributed by atoms with Gasteiger partial charge in [0.05, 0.1) is 30.2 Å². The van der Waals surface area contributed by atoms with E-state index in [0.717, 1.165) is 25.2 Å². The summed E-state index contributed by atoms with van der Waals surface area (Å²) in [5.74, 6) is 0. The number of carbonyl (C=O) groups is 1. The summed E-state index contributed by atoms with van der Waals surface area (Å²) < 4.78 is 1.53. The molecule has 1 atom stereocenters. The van der Waals surface area contributed by atoms with Gasteiger partial charge in [0.25, 0.3) is 5.56 Å². The van der Waals surface area contributed by atoms with Gasteiger partial charge in [-0.15, -0.1) is 0 Å². The lowest BCUT2D eigenvalue weighted by atomic mass is 10.00. The van der Waals surface area contributed by atoms with Crippen LogP contribution in [0.5, 0.6) is 0 Å². The first-order valence-corrected chi connectivity index (χ1v) is 11.7. The lowest BCUT2D eigenvalue weighted by Gasteiger charge is -2.31. The highest BCUT2D eigenvalue weighted by Gasteiger charge is 2.30. The van der Waals surface area contributed by atoms with Gasteiger partial charge in [0.15, 0.2) is 0 Å². The molecule has 4 heterocycles. The fourth-order valence-corrected chi connectivity index (χ4v) is 4.76. The number of aromatic nitrogens is 2. The molecule has 1 N–H and O–H groups in total. The van der Waals surface area contributed by atoms with E-state index in [9.17, 15) is 14.7 Å². The smallest absolute Gasteiger partial charge is 0.320 e. The number of benzene rings is 1. The van der Waals surface area contributed by atoms with Gasteiger partial charge in [-0.1, -0.05) is 30.3 Å². The third kappa shape index (κ3) is 4.88. The van der Waals surface area contributed by atoms with Crippen molar-refractivity contribution in [3.8, 4) is 5.69 Å². The summed E-state index contributed by atoms with van der Waals surface area (Å²) in [6.45, 7) is 4.24. The van der Waals surface area contributed by atoms with Crippen molar-refractivity contribution in [1.29, 1.82) is 0 Å². The SMILES string of the molecule is O=C1N(Cc2ccc(-n3ccccc3=O)cn2)CCN1C[C@H](O)CN1CCc2ccccc2C1. The van der Waals surface area contributed by atoms with Crippen LogP contribution in [0.3, 0.4) is 0 Å². The van der Waals surface area contributed by atoms with Crippen LogP contribution in [0.4, 0.5) is 4.79 Å². The summed E-state index contributed by atoms with van der Waals surface area (Å²) in [7, 11) is 0. The number of nitrogens with zero attached hydrogens (tertiary/aromatic N) is 5. The van der Waals surface area contributed by atoms with E-state index in [4.69, 9.17) is 0 Å². The van der Waals surface area contributed by atoms with Crippen LogP contribution < -0.4 is 5.56 Å². The Morgan fingerprint density at radius 1 is 0.882 bits per heavy atom. The molecular weight excluding hydrogens is 430 g/mol. The third-order valence-corrected chi connectivity index (χ3v) is 6.55. The number of aliphatic hydroxyl groups is 1. The highest BCUT2D eigenvalue weighted by atomic mass is 16.3. The molecule has 0 radical (unpaired) electrons. The Morgan fingerprint density at radius 3 is 2.47 bits per heavy atom. The molecule has 2 aliphatic rings. The first-order chi connectivity index (χ1) is 16.6. The van der Waals surface area contributed by atoms with Crippen molar-refractivity contribution in [2.45, 2.75) is 25.6 Å². The molecule has 1 fully saturated rings. The fraction of sp³-hybridized carbons (Fsp3) is 0.346. The van der Waals surface area contributed by atoms with Crippen LogP contribution in [0.25, 0.3) is 5.69 Å². The van der Waals surface area contributed by atoms with E-state index in [0.29, 0.717) is 38.4 Å². The number of aliphatic hydroxyl groups excluding tert-OH is 1. The van der Waals surface area contributed by atoms with Gasteiger partial charge in [0.2, 0.25) is 0 Å². The predicted molar refractivity (Wildman–Crippen MR) is 129 cm³/mol. The van der Waals surface area contributed by atoms with Gasteiger partial charge < -0.3 is 14.9 Å². The molecule has 8 heteroatoms. The van der Waals surface area contributed by atoms with Crippen LogP contribution in [0.15, 0.2) is 71.8 Å². The van der Waals surface area contributed by atoms with Crippen molar-refractivity contribution in [3.63, 3.8) is 0 Å². The Hall–Kier alpha value is -3.49. The summed E-state index contributed by atoms with van der Waals surface area (Å²) >= 11 is 0. The van der Waals surface area contributed by atoms with E-state index in [1.165, 1.54) is 21.8 Å². The van der Waals surface area contributed by atoms with Crippen LogP contribution in [0.2, 0.25) is 0 Å². The number of hydrogen-bond donors (Lipinski definition) is 1. The van der Waals surface area contributed by atoms with Crippen molar-refractivity contribution in [2.24, 2.45) is 0 Å². The second-order valence-electron chi connectivity index (χ2n) is 8.97. The summed E-state index contributed by atoms with van der Waals surface area (Å²) in [5, 5.41) is 10.7. The topological polar surface area (TPSA) is 81.9 Å². The summed E-state index contributed by atoms with van der Waals surface area (Å²) in [5.41, 5.74) is 4.04. The van der Waals surface area contributed by atoms with Crippen molar-refractivity contribution in [2.75, 3.05) is 32.7 Å². The molecule has 0 unspecified atom stereocenters. The maximum Gasteiger partial charge on any atom is 0.320 e. The molecule has 3 aromatic rings. The fourth-order valence-electron chi connectivity index (χ4n) is 4.76. The van der Waals surface area contributed by atoms with Crippen LogP contribution >= 0.6 is 0 Å². The van der Waals surface area contributed by atoms with Gasteiger partial charge in [-0.3, -0.25) is 19.2 Å². The number of hydrogen-bond acceptors (Lipinski definition) is 5. The quantitative estimate of drug-likeness (QED) is 0.584. The number of urea groups is 1. The minimum Gasteiger partial charge on any atom is -0.390 e. The third-order valence-electron chi connectivity index (χ3n) is 6.55. The Kier molecular flexibility index (Phi) is 6.42. The number of amides is 2. The van der Waals surface area contributed by atoms with E-state index in [2.05, 4.69) is 34.1 Å². The largest absolute Gasteiger partial charge is 0.390 e. The van der Waals surface area contributed by atoms with Crippen molar-refractivity contribution >= 4 is 6.03 Å². The molecular formula is C26H29N5O3. The van der Waals surface area contributed by atoms with Crippen molar-refractivity contribution < 1.29 is 9.90 Å². The molecule has 0 saturated carbocycles. The molecule has 0 bridgehead atoms. The molecule has 2 aliphatic heterocycles. The monoisotopic (exact) mass is 459 g/mol. The molecule has 2 amide bonds. The molecule has 5 rings (SSSR count). The van der Waals surface area contributed by atoms with Gasteiger partial charge in [-0.05, 0) is 35.7 Å². The standard InChI is InChI=1S/C26H29N5O3/c32-24(18-28-12-10-20-5-1-2-6-21(20)16-28)19-30-14-13-29(26(30)34)17-22-8-9-23(15-27-22)31-11-4-3-7-25(31)33/h1-9,11,15,24,32H,10,12-14,16-19H2/t24-/m1/s1. The van der Waals surface area contributed by atoms with Crippen LogP contribution in [-0.4, -0.2) is 74.2 Å². The second kappa shape index (κ2) is 9.79. The molecule has 0 spiro atoms. The van der Waals surface area contributed by atoms with Gasteiger partial charge >= 0.3 is 6.03 Å². The van der Waals surface area contributed by atoms with Crippen LogP contribution in [0, 0.1) is 0 Å². The summed E-state index contributed by atoms with van der Waals surface area (Å²) in [6.07, 6.45) is 3.75. The van der Waals surface area contributed by atoms with E-state index in [1.807, 2.05) is 12.1 Å². The molecule has 2 aromatic heterocycles. The Balaban J connectivity index is 1.13. The minimum absolute atomic E-state index is 0.0757. The second-order valence-corrected chi connectivity index (χ2v) is 8.97. The number of pyridine rings is 2. The summed E-state index contributed by atoms with van der Waals surface area (Å²) in [4.78, 5) is 35.1. The molecule has 176 valence electrons. The van der Waals surface area contributed by atoms with E-state index in [1.54, 1.807) is 34.3 Å². The van der Waals surface area contributed by atoms with Gasteiger partial charge in [0, 0.05) is 51.5 Å². The molecule has 1 aromatic carbocycles. The first-order valence-electron chi connectivity index (χ1n) is 11.7. The number of β-amino-alcohol motifs (C(OH)–C–C–N with tert-alkyl or cyclic N) is 1. The lowest BCUT2D eigenvalue weighted by molar-refractivity contribution is 0.0812. The molecule has 0 aliphatic carbocycles. The molecule has 34 heavy (non-hydrogen) atoms. The highest BCUT2D eigenvalue weighted by molar-refractivity contribution is 5.76. The molecule has 1 saturated heterocycles. The average molecular weight is 460 g/mol. The van der Waals surface area contributed by atoms with Gasteiger partial charge in [0.1, 0.15) is 0 Å². The normalized spacial score (nSPS) is 17.1. The Labute approximate surface area is 198 Å². The van der Waals surface area contributed by atoms with Crippen molar-refractivity contribution in [3.05, 3.63) is 94.2 Å². The lowest BCUT2D eigenvalue weighted by Crippen LogP contribution is -2.43.